The van der Waals surface area contributed by atoms with Gasteiger partial charge < -0.3 is 4.74 Å². The van der Waals surface area contributed by atoms with E-state index in [2.05, 4.69) is 5.29 Å². The van der Waals surface area contributed by atoms with E-state index >= 15 is 0 Å². The monoisotopic (exact) mass is 252 g/mol. The summed E-state index contributed by atoms with van der Waals surface area (Å²) < 4.78 is 4.82. The number of esters is 1. The van der Waals surface area contributed by atoms with Crippen molar-refractivity contribution in [3.63, 3.8) is 0 Å². The van der Waals surface area contributed by atoms with Crippen LogP contribution in [-0.4, -0.2) is 18.5 Å². The molecule has 0 aliphatic rings. The third kappa shape index (κ3) is 3.38. The summed E-state index contributed by atoms with van der Waals surface area (Å²) in [6, 6.07) is 6.57. The number of nitrogens with zero attached hydrogens (tertiary/aromatic N) is 2. The largest absolute Gasteiger partial charge is 0.466 e. The molecule has 6 heteroatoms. The van der Waals surface area contributed by atoms with Gasteiger partial charge in [-0.25, -0.2) is 0 Å². The highest BCUT2D eigenvalue weighted by molar-refractivity contribution is 5.92. The third-order valence-electron chi connectivity index (χ3n) is 2.24. The summed E-state index contributed by atoms with van der Waals surface area (Å²) in [4.78, 5) is 33.3. The molecule has 0 radical (unpaired) electrons. The van der Waals surface area contributed by atoms with Crippen LogP contribution in [0.15, 0.2) is 29.6 Å². The van der Waals surface area contributed by atoms with Gasteiger partial charge in [0.2, 0.25) is 5.91 Å². The lowest BCUT2D eigenvalue weighted by molar-refractivity contribution is -0.142. The fraction of sp³-hybridized carbons (Fsp3) is 0.333. The molecule has 0 saturated carbocycles. The van der Waals surface area contributed by atoms with E-state index in [9.17, 15) is 14.5 Å². The third-order valence-corrected chi connectivity index (χ3v) is 2.24. The predicted octanol–water partition coefficient (Wildman–Crippen LogP) is 1.83. The molecule has 0 spiro atoms. The first-order valence-electron chi connectivity index (χ1n) is 5.47. The van der Waals surface area contributed by atoms with Gasteiger partial charge in [0.1, 0.15) is 0 Å². The number of anilines is 1. The number of nitroso groups, excluding NO2 is 1. The highest BCUT2D eigenvalue weighted by atomic mass is 16.8. The van der Waals surface area contributed by atoms with Crippen molar-refractivity contribution >= 4 is 17.6 Å². The van der Waals surface area contributed by atoms with Gasteiger partial charge in [-0.1, -0.05) is 18.2 Å². The smallest absolute Gasteiger partial charge is 0.310 e. The van der Waals surface area contributed by atoms with Crippen molar-refractivity contribution in [2.75, 3.05) is 11.6 Å². The second kappa shape index (κ2) is 6.48. The lowest BCUT2D eigenvalue weighted by Gasteiger charge is -2.14. The highest BCUT2D eigenvalue weighted by Crippen LogP contribution is 2.21. The number of hydrogen-bond donors (Lipinski definition) is 0. The average Bonchev–Trinajstić information content (AvgIpc) is 2.32. The molecule has 96 valence electrons. The molecule has 0 saturated heterocycles. The molecular formula is C12H14N2O4. The zero-order valence-electron chi connectivity index (χ0n) is 10.3. The van der Waals surface area contributed by atoms with Crippen molar-refractivity contribution in [3.05, 3.63) is 34.7 Å². The maximum atomic E-state index is 11.4. The van der Waals surface area contributed by atoms with Gasteiger partial charge in [0.25, 0.3) is 0 Å². The van der Waals surface area contributed by atoms with E-state index < -0.39 is 11.9 Å². The fourth-order valence-electron chi connectivity index (χ4n) is 1.51. The Hall–Kier alpha value is -2.24. The van der Waals surface area contributed by atoms with Gasteiger partial charge in [0, 0.05) is 6.92 Å². The summed E-state index contributed by atoms with van der Waals surface area (Å²) in [6.45, 7) is 3.21. The first-order chi connectivity index (χ1) is 8.60. The van der Waals surface area contributed by atoms with Crippen LogP contribution in [0.4, 0.5) is 5.69 Å². The Morgan fingerprint density at radius 2 is 2.11 bits per heavy atom. The van der Waals surface area contributed by atoms with Crippen molar-refractivity contribution in [1.82, 2.24) is 0 Å². The van der Waals surface area contributed by atoms with Crippen LogP contribution in [0, 0.1) is 4.91 Å². The van der Waals surface area contributed by atoms with Crippen LogP contribution in [-0.2, 0) is 20.7 Å². The number of amides is 1. The molecule has 0 aliphatic carbocycles. The van der Waals surface area contributed by atoms with E-state index in [-0.39, 0.29) is 13.0 Å². The van der Waals surface area contributed by atoms with E-state index in [1.54, 1.807) is 31.2 Å². The minimum Gasteiger partial charge on any atom is -0.466 e. The van der Waals surface area contributed by atoms with E-state index in [4.69, 9.17) is 4.74 Å². The van der Waals surface area contributed by atoms with Gasteiger partial charge in [-0.3, -0.25) is 9.59 Å². The molecule has 1 aromatic carbocycles. The van der Waals surface area contributed by atoms with E-state index in [1.807, 2.05) is 0 Å². The average molecular weight is 252 g/mol. The summed E-state index contributed by atoms with van der Waals surface area (Å²) in [5, 5.41) is 3.37. The normalized spacial score (nSPS) is 9.67. The second-order valence-corrected chi connectivity index (χ2v) is 3.52. The Morgan fingerprint density at radius 1 is 1.44 bits per heavy atom. The minimum atomic E-state index is -0.513. The number of ether oxygens (including phenoxy) is 1. The number of benzene rings is 1. The molecule has 0 N–H and O–H groups in total. The van der Waals surface area contributed by atoms with Gasteiger partial charge in [0.05, 0.1) is 24.0 Å². The lowest BCUT2D eigenvalue weighted by Crippen LogP contribution is -2.23. The maximum absolute atomic E-state index is 11.4. The van der Waals surface area contributed by atoms with Gasteiger partial charge in [0.15, 0.2) is 0 Å². The molecule has 0 aromatic heterocycles. The van der Waals surface area contributed by atoms with Gasteiger partial charge in [-0.05, 0) is 18.6 Å². The number of hydrogen-bond acceptors (Lipinski definition) is 5. The van der Waals surface area contributed by atoms with Crippen LogP contribution >= 0.6 is 0 Å². The van der Waals surface area contributed by atoms with Crippen LogP contribution in [0.2, 0.25) is 0 Å². The van der Waals surface area contributed by atoms with E-state index in [0.717, 1.165) is 0 Å². The minimum absolute atomic E-state index is 0.0106. The van der Waals surface area contributed by atoms with Crippen molar-refractivity contribution in [2.24, 2.45) is 5.29 Å². The number of carbonyl (C=O) groups excluding carboxylic acids is 2. The molecule has 0 unspecified atom stereocenters. The Balaban J connectivity index is 3.02. The van der Waals surface area contributed by atoms with Crippen molar-refractivity contribution in [2.45, 2.75) is 20.3 Å². The topological polar surface area (TPSA) is 76.0 Å². The Bertz CT molecular complexity index is 459. The number of rotatable bonds is 5. The molecule has 6 nitrogen and oxygen atoms in total. The zero-order valence-corrected chi connectivity index (χ0v) is 10.3. The molecule has 0 heterocycles. The second-order valence-electron chi connectivity index (χ2n) is 3.52. The number of carbonyl (C=O) groups is 2. The first-order valence-corrected chi connectivity index (χ1v) is 5.47. The Morgan fingerprint density at radius 3 is 2.67 bits per heavy atom. The van der Waals surface area contributed by atoms with Crippen molar-refractivity contribution in [1.29, 1.82) is 0 Å². The van der Waals surface area contributed by atoms with Crippen LogP contribution in [0.1, 0.15) is 19.4 Å². The summed E-state index contributed by atoms with van der Waals surface area (Å²) >= 11 is 0. The van der Waals surface area contributed by atoms with Gasteiger partial charge in [-0.15, -0.1) is 4.91 Å². The maximum Gasteiger partial charge on any atom is 0.310 e. The Labute approximate surface area is 104 Å². The van der Waals surface area contributed by atoms with Crippen LogP contribution in [0.25, 0.3) is 0 Å². The quantitative estimate of drug-likeness (QED) is 0.455. The molecule has 0 atom stereocenters. The van der Waals surface area contributed by atoms with Crippen molar-refractivity contribution < 1.29 is 14.3 Å². The summed E-state index contributed by atoms with van der Waals surface area (Å²) in [5.41, 5.74) is 0.818. The fourth-order valence-corrected chi connectivity index (χ4v) is 1.51. The van der Waals surface area contributed by atoms with Crippen LogP contribution in [0.5, 0.6) is 0 Å². The highest BCUT2D eigenvalue weighted by Gasteiger charge is 2.17. The molecule has 0 aliphatic heterocycles. The molecule has 18 heavy (non-hydrogen) atoms. The first kappa shape index (κ1) is 13.8. The standard InChI is InChI=1S/C12H14N2O4/c1-3-18-12(16)8-10-6-4-5-7-11(10)14(13-17)9(2)15/h4-7H,3,8H2,1-2H3/i12+2. The van der Waals surface area contributed by atoms with Crippen LogP contribution in [0.3, 0.4) is 0 Å². The van der Waals surface area contributed by atoms with Gasteiger partial charge in [-0.2, -0.15) is 5.01 Å². The predicted molar refractivity (Wildman–Crippen MR) is 65.7 cm³/mol. The van der Waals surface area contributed by atoms with Crippen LogP contribution < -0.4 is 5.01 Å². The van der Waals surface area contributed by atoms with E-state index in [1.165, 1.54) is 6.92 Å². The van der Waals surface area contributed by atoms with Crippen molar-refractivity contribution in [3.8, 4) is 0 Å². The van der Waals surface area contributed by atoms with E-state index in [0.29, 0.717) is 16.3 Å². The molecule has 0 fully saturated rings. The molecule has 1 rings (SSSR count). The zero-order chi connectivity index (χ0) is 13.5. The molecular weight excluding hydrogens is 238 g/mol. The van der Waals surface area contributed by atoms with Gasteiger partial charge >= 0.3 is 5.97 Å². The summed E-state index contributed by atoms with van der Waals surface area (Å²) in [7, 11) is 0. The lowest BCUT2D eigenvalue weighted by atomic mass is 10.1. The number of para-hydroxylation sites is 1. The molecule has 0 bridgehead atoms. The Kier molecular flexibility index (Phi) is 4.98. The summed E-state index contributed by atoms with van der Waals surface area (Å²) in [5.74, 6) is -0.930. The molecule has 1 amide bonds. The molecule has 1 aromatic rings. The SMILES string of the molecule is CCO[14C](=O)Cc1ccccc1N(N=O)C(C)=O. The summed E-state index contributed by atoms with van der Waals surface area (Å²) in [6.07, 6.45) is -0.0106.